The van der Waals surface area contributed by atoms with Gasteiger partial charge in [0.1, 0.15) is 5.82 Å². The SMILES string of the molecule is CC(C)n1cc(F)c2c(C(O)O)cc(Br)cc21. The maximum Gasteiger partial charge on any atom is 0.179 e. The van der Waals surface area contributed by atoms with Crippen LogP contribution in [0.4, 0.5) is 4.39 Å². The van der Waals surface area contributed by atoms with Crippen LogP contribution in [0.2, 0.25) is 0 Å². The summed E-state index contributed by atoms with van der Waals surface area (Å²) < 4.78 is 16.3. The van der Waals surface area contributed by atoms with E-state index in [1.54, 1.807) is 10.6 Å². The predicted octanol–water partition coefficient (Wildman–Crippen LogP) is 3.11. The number of hydrogen-bond acceptors (Lipinski definition) is 2. The largest absolute Gasteiger partial charge is 0.364 e. The van der Waals surface area contributed by atoms with E-state index < -0.39 is 12.1 Å². The molecule has 0 atom stereocenters. The normalized spacial score (nSPS) is 12.0. The number of aliphatic hydroxyl groups is 2. The second-order valence-corrected chi connectivity index (χ2v) is 5.16. The van der Waals surface area contributed by atoms with Crippen molar-refractivity contribution in [1.82, 2.24) is 4.57 Å². The van der Waals surface area contributed by atoms with Gasteiger partial charge in [0.25, 0.3) is 0 Å². The standard InChI is InChI=1S/C12H13BrFNO2/c1-6(2)15-5-9(14)11-8(12(16)17)3-7(13)4-10(11)15/h3-6,12,16-17H,1-2H3. The molecule has 0 saturated heterocycles. The maximum atomic E-state index is 13.9. The van der Waals surface area contributed by atoms with Gasteiger partial charge in [0.15, 0.2) is 6.29 Å². The smallest absolute Gasteiger partial charge is 0.179 e. The molecule has 1 aromatic carbocycles. The molecule has 3 nitrogen and oxygen atoms in total. The highest BCUT2D eigenvalue weighted by Crippen LogP contribution is 2.32. The number of hydrogen-bond donors (Lipinski definition) is 2. The Bertz CT molecular complexity index is 563. The van der Waals surface area contributed by atoms with Crippen molar-refractivity contribution in [2.45, 2.75) is 26.2 Å². The molecule has 0 aliphatic heterocycles. The van der Waals surface area contributed by atoms with Crippen LogP contribution in [-0.2, 0) is 0 Å². The minimum atomic E-state index is -1.69. The molecule has 2 aromatic rings. The first-order valence-corrected chi connectivity index (χ1v) is 6.06. The van der Waals surface area contributed by atoms with Gasteiger partial charge in [0.05, 0.1) is 5.52 Å². The van der Waals surface area contributed by atoms with Crippen molar-refractivity contribution in [2.75, 3.05) is 0 Å². The molecule has 5 heteroatoms. The summed E-state index contributed by atoms with van der Waals surface area (Å²) in [6, 6.07) is 3.38. The van der Waals surface area contributed by atoms with E-state index in [1.165, 1.54) is 12.3 Å². The first-order chi connectivity index (χ1) is 7.91. The van der Waals surface area contributed by atoms with Crippen LogP contribution < -0.4 is 0 Å². The fourth-order valence-electron chi connectivity index (χ4n) is 1.96. The Labute approximate surface area is 107 Å². The highest BCUT2D eigenvalue weighted by atomic mass is 79.9. The Morgan fingerprint density at radius 1 is 1.29 bits per heavy atom. The first kappa shape index (κ1) is 12.5. The number of fused-ring (bicyclic) bond motifs is 1. The lowest BCUT2D eigenvalue weighted by atomic mass is 10.1. The van der Waals surface area contributed by atoms with Gasteiger partial charge in [0, 0.05) is 27.7 Å². The van der Waals surface area contributed by atoms with Gasteiger partial charge in [-0.15, -0.1) is 0 Å². The Balaban J connectivity index is 2.85. The molecule has 0 aliphatic rings. The molecule has 0 unspecified atom stereocenters. The molecule has 2 rings (SSSR count). The Morgan fingerprint density at radius 2 is 1.94 bits per heavy atom. The molecule has 1 heterocycles. The van der Waals surface area contributed by atoms with E-state index in [2.05, 4.69) is 15.9 Å². The Morgan fingerprint density at radius 3 is 2.47 bits per heavy atom. The van der Waals surface area contributed by atoms with E-state index in [1.807, 2.05) is 13.8 Å². The van der Waals surface area contributed by atoms with Gasteiger partial charge in [-0.3, -0.25) is 0 Å². The van der Waals surface area contributed by atoms with Crippen molar-refractivity contribution in [1.29, 1.82) is 0 Å². The second kappa shape index (κ2) is 4.40. The number of rotatable bonds is 2. The van der Waals surface area contributed by atoms with Gasteiger partial charge >= 0.3 is 0 Å². The topological polar surface area (TPSA) is 45.4 Å². The van der Waals surface area contributed by atoms with Gasteiger partial charge in [-0.05, 0) is 26.0 Å². The summed E-state index contributed by atoms with van der Waals surface area (Å²) in [5.41, 5.74) is 0.821. The Hall–Kier alpha value is -0.910. The minimum absolute atomic E-state index is 0.0972. The zero-order chi connectivity index (χ0) is 12.7. The van der Waals surface area contributed by atoms with E-state index in [-0.39, 0.29) is 17.0 Å². The van der Waals surface area contributed by atoms with Crippen molar-refractivity contribution in [3.8, 4) is 0 Å². The zero-order valence-electron chi connectivity index (χ0n) is 9.48. The lowest BCUT2D eigenvalue weighted by molar-refractivity contribution is -0.0414. The highest BCUT2D eigenvalue weighted by molar-refractivity contribution is 9.10. The summed E-state index contributed by atoms with van der Waals surface area (Å²) in [4.78, 5) is 0. The summed E-state index contributed by atoms with van der Waals surface area (Å²) >= 11 is 3.29. The van der Waals surface area contributed by atoms with E-state index in [0.717, 1.165) is 0 Å². The van der Waals surface area contributed by atoms with Crippen LogP contribution in [-0.4, -0.2) is 14.8 Å². The molecule has 2 N–H and O–H groups in total. The van der Waals surface area contributed by atoms with E-state index in [9.17, 15) is 14.6 Å². The molecular weight excluding hydrogens is 289 g/mol. The lowest BCUT2D eigenvalue weighted by Gasteiger charge is -2.11. The molecule has 0 fully saturated rings. The molecule has 92 valence electrons. The highest BCUT2D eigenvalue weighted by Gasteiger charge is 2.18. The van der Waals surface area contributed by atoms with E-state index in [4.69, 9.17) is 0 Å². The molecule has 0 aliphatic carbocycles. The molecule has 0 radical (unpaired) electrons. The number of halogens is 2. The van der Waals surface area contributed by atoms with Crippen LogP contribution in [0.1, 0.15) is 31.7 Å². The average Bonchev–Trinajstić information content (AvgIpc) is 2.54. The predicted molar refractivity (Wildman–Crippen MR) is 67.2 cm³/mol. The minimum Gasteiger partial charge on any atom is -0.364 e. The van der Waals surface area contributed by atoms with Crippen molar-refractivity contribution in [3.05, 3.63) is 34.2 Å². The second-order valence-electron chi connectivity index (χ2n) is 4.24. The molecular formula is C12H13BrFNO2. The average molecular weight is 302 g/mol. The third kappa shape index (κ3) is 2.10. The van der Waals surface area contributed by atoms with Crippen molar-refractivity contribution < 1.29 is 14.6 Å². The fourth-order valence-corrected chi connectivity index (χ4v) is 2.43. The Kier molecular flexibility index (Phi) is 3.25. The summed E-state index contributed by atoms with van der Waals surface area (Å²) in [5.74, 6) is -0.440. The molecule has 0 bridgehead atoms. The van der Waals surface area contributed by atoms with Crippen LogP contribution in [0.15, 0.2) is 22.8 Å². The fraction of sp³-hybridized carbons (Fsp3) is 0.333. The zero-order valence-corrected chi connectivity index (χ0v) is 11.1. The number of aromatic nitrogens is 1. The van der Waals surface area contributed by atoms with Gasteiger partial charge in [-0.25, -0.2) is 4.39 Å². The summed E-state index contributed by atoms with van der Waals surface area (Å²) in [6.07, 6.45) is -0.305. The monoisotopic (exact) mass is 301 g/mol. The summed E-state index contributed by atoms with van der Waals surface area (Å²) in [6.45, 7) is 3.88. The quantitative estimate of drug-likeness (QED) is 0.837. The van der Waals surface area contributed by atoms with Gasteiger partial charge < -0.3 is 14.8 Å². The van der Waals surface area contributed by atoms with Crippen molar-refractivity contribution in [2.24, 2.45) is 0 Å². The maximum absolute atomic E-state index is 13.9. The van der Waals surface area contributed by atoms with E-state index in [0.29, 0.717) is 9.99 Å². The van der Waals surface area contributed by atoms with Crippen LogP contribution in [0, 0.1) is 5.82 Å². The van der Waals surface area contributed by atoms with Crippen LogP contribution >= 0.6 is 15.9 Å². The van der Waals surface area contributed by atoms with Crippen LogP contribution in [0.25, 0.3) is 10.9 Å². The van der Waals surface area contributed by atoms with Crippen molar-refractivity contribution >= 4 is 26.8 Å². The van der Waals surface area contributed by atoms with E-state index >= 15 is 0 Å². The molecule has 1 aromatic heterocycles. The number of aliphatic hydroxyl groups excluding tert-OH is 1. The first-order valence-electron chi connectivity index (χ1n) is 5.27. The van der Waals surface area contributed by atoms with Crippen LogP contribution in [0.3, 0.4) is 0 Å². The number of benzene rings is 1. The molecule has 0 saturated carbocycles. The summed E-state index contributed by atoms with van der Waals surface area (Å²) in [7, 11) is 0. The molecule has 0 amide bonds. The van der Waals surface area contributed by atoms with Gasteiger partial charge in [0.2, 0.25) is 0 Å². The molecule has 0 spiro atoms. The van der Waals surface area contributed by atoms with Gasteiger partial charge in [-0.1, -0.05) is 15.9 Å². The number of nitrogens with zero attached hydrogens (tertiary/aromatic N) is 1. The lowest BCUT2D eigenvalue weighted by Crippen LogP contribution is -2.00. The van der Waals surface area contributed by atoms with Gasteiger partial charge in [-0.2, -0.15) is 0 Å². The third-order valence-electron chi connectivity index (χ3n) is 2.72. The molecule has 17 heavy (non-hydrogen) atoms. The van der Waals surface area contributed by atoms with Crippen LogP contribution in [0.5, 0.6) is 0 Å². The third-order valence-corrected chi connectivity index (χ3v) is 3.17. The summed E-state index contributed by atoms with van der Waals surface area (Å²) in [5, 5.41) is 18.8. The van der Waals surface area contributed by atoms with Crippen molar-refractivity contribution in [3.63, 3.8) is 0 Å².